The third-order valence-corrected chi connectivity index (χ3v) is 4.03. The number of hydrogen-bond donors (Lipinski definition) is 1. The summed E-state index contributed by atoms with van der Waals surface area (Å²) in [7, 11) is 1.59. The van der Waals surface area contributed by atoms with E-state index in [1.165, 1.54) is 0 Å². The van der Waals surface area contributed by atoms with Gasteiger partial charge in [0.05, 0.1) is 19.1 Å². The zero-order chi connectivity index (χ0) is 16.2. The quantitative estimate of drug-likeness (QED) is 0.904. The predicted octanol–water partition coefficient (Wildman–Crippen LogP) is 1.48. The highest BCUT2D eigenvalue weighted by Gasteiger charge is 2.30. The number of aromatic nitrogens is 1. The Balaban J connectivity index is 1.75. The van der Waals surface area contributed by atoms with Gasteiger partial charge in [-0.2, -0.15) is 0 Å². The van der Waals surface area contributed by atoms with Crippen molar-refractivity contribution in [3.63, 3.8) is 0 Å². The van der Waals surface area contributed by atoms with Crippen LogP contribution in [0, 0.1) is 0 Å². The van der Waals surface area contributed by atoms with Gasteiger partial charge in [0.1, 0.15) is 18.1 Å². The molecule has 122 valence electrons. The fourth-order valence-electron chi connectivity index (χ4n) is 2.86. The van der Waals surface area contributed by atoms with Gasteiger partial charge in [-0.05, 0) is 5.56 Å². The number of benzene rings is 1. The summed E-state index contributed by atoms with van der Waals surface area (Å²) in [6.07, 6.45) is 0.630. The molecule has 0 aliphatic carbocycles. The summed E-state index contributed by atoms with van der Waals surface area (Å²) in [4.78, 5) is 18.9. The van der Waals surface area contributed by atoms with Crippen LogP contribution in [0.4, 0.5) is 0 Å². The van der Waals surface area contributed by atoms with Crippen molar-refractivity contribution in [2.75, 3.05) is 20.3 Å². The number of fused-ring (bicyclic) bond motifs is 1. The molecule has 0 spiro atoms. The molecule has 0 bridgehead atoms. The number of carbonyl (C=O) groups excluding carboxylic acids is 1. The zero-order valence-corrected chi connectivity index (χ0v) is 13.1. The highest BCUT2D eigenvalue weighted by Crippen LogP contribution is 2.24. The van der Waals surface area contributed by atoms with E-state index in [2.05, 4.69) is 4.98 Å². The van der Waals surface area contributed by atoms with Crippen molar-refractivity contribution < 1.29 is 19.1 Å². The molecular weight excluding hydrogens is 296 g/mol. The molecule has 1 amide bonds. The largest absolute Gasteiger partial charge is 0.443 e. The Kier molecular flexibility index (Phi) is 4.73. The van der Waals surface area contributed by atoms with Crippen molar-refractivity contribution in [2.24, 2.45) is 0 Å². The second-order valence-electron chi connectivity index (χ2n) is 5.57. The second kappa shape index (κ2) is 6.93. The van der Waals surface area contributed by atoms with Crippen LogP contribution in [-0.2, 0) is 29.1 Å². The molecule has 0 saturated heterocycles. The lowest BCUT2D eigenvalue weighted by Gasteiger charge is -2.28. The summed E-state index contributed by atoms with van der Waals surface area (Å²) in [6, 6.07) is 9.35. The second-order valence-corrected chi connectivity index (χ2v) is 5.57. The number of nitrogens with zero attached hydrogens (tertiary/aromatic N) is 2. The van der Waals surface area contributed by atoms with Crippen molar-refractivity contribution in [3.05, 3.63) is 53.2 Å². The highest BCUT2D eigenvalue weighted by atomic mass is 16.5. The van der Waals surface area contributed by atoms with Crippen molar-refractivity contribution >= 4 is 5.91 Å². The lowest BCUT2D eigenvalue weighted by molar-refractivity contribution is -0.134. The number of rotatable bonds is 5. The van der Waals surface area contributed by atoms with E-state index in [0.29, 0.717) is 32.0 Å². The Hall–Kier alpha value is -2.18. The number of aliphatic hydroxyl groups excluding tert-OH is 1. The highest BCUT2D eigenvalue weighted by molar-refractivity contribution is 5.84. The Morgan fingerprint density at radius 2 is 2.22 bits per heavy atom. The summed E-state index contributed by atoms with van der Waals surface area (Å²) in [6.45, 7) is 1.09. The minimum Gasteiger partial charge on any atom is -0.443 e. The first-order valence-electron chi connectivity index (χ1n) is 7.64. The van der Waals surface area contributed by atoms with Gasteiger partial charge in [0.25, 0.3) is 0 Å². The molecule has 2 heterocycles. The normalized spacial score (nSPS) is 15.3. The van der Waals surface area contributed by atoms with Crippen LogP contribution >= 0.6 is 0 Å². The summed E-state index contributed by atoms with van der Waals surface area (Å²) >= 11 is 0. The van der Waals surface area contributed by atoms with Crippen molar-refractivity contribution in [1.29, 1.82) is 0 Å². The molecular formula is C17H20N2O4. The van der Waals surface area contributed by atoms with Crippen molar-refractivity contribution in [3.8, 4) is 0 Å². The number of aliphatic hydroxyl groups is 1. The molecule has 6 nitrogen and oxygen atoms in total. The molecule has 1 aliphatic heterocycles. The number of hydrogen-bond acceptors (Lipinski definition) is 5. The Labute approximate surface area is 134 Å². The Morgan fingerprint density at radius 3 is 2.91 bits per heavy atom. The van der Waals surface area contributed by atoms with E-state index in [1.54, 1.807) is 12.0 Å². The molecule has 0 fully saturated rings. The molecule has 2 aromatic rings. The molecule has 1 atom stereocenters. The lowest BCUT2D eigenvalue weighted by Crippen LogP contribution is -2.39. The van der Waals surface area contributed by atoms with Crippen LogP contribution < -0.4 is 0 Å². The minimum atomic E-state index is -0.539. The molecule has 1 aromatic carbocycles. The summed E-state index contributed by atoms with van der Waals surface area (Å²) in [5.74, 6) is 0.735. The van der Waals surface area contributed by atoms with Gasteiger partial charge >= 0.3 is 0 Å². The standard InChI is InChI=1S/C17H20N2O4/c1-22-11-16-18-14-9-19(8-7-15(14)23-16)17(21)13(10-20)12-5-3-2-4-6-12/h2-6,13,20H,7-11H2,1H3. The fraction of sp³-hybridized carbons (Fsp3) is 0.412. The van der Waals surface area contributed by atoms with Crippen LogP contribution in [0.15, 0.2) is 34.7 Å². The molecule has 1 unspecified atom stereocenters. The van der Waals surface area contributed by atoms with Gasteiger partial charge in [0.15, 0.2) is 0 Å². The lowest BCUT2D eigenvalue weighted by atomic mass is 9.97. The summed E-state index contributed by atoms with van der Waals surface area (Å²) in [5, 5.41) is 9.65. The van der Waals surface area contributed by atoms with Crippen LogP contribution in [0.3, 0.4) is 0 Å². The first kappa shape index (κ1) is 15.7. The van der Waals surface area contributed by atoms with E-state index in [9.17, 15) is 9.90 Å². The average molecular weight is 316 g/mol. The van der Waals surface area contributed by atoms with E-state index < -0.39 is 5.92 Å². The van der Waals surface area contributed by atoms with Gasteiger partial charge in [-0.3, -0.25) is 4.79 Å². The third-order valence-electron chi connectivity index (χ3n) is 4.03. The molecule has 3 rings (SSSR count). The fourth-order valence-corrected chi connectivity index (χ4v) is 2.86. The van der Waals surface area contributed by atoms with Crippen molar-refractivity contribution in [1.82, 2.24) is 9.88 Å². The predicted molar refractivity (Wildman–Crippen MR) is 82.6 cm³/mol. The molecule has 6 heteroatoms. The summed E-state index contributed by atoms with van der Waals surface area (Å²) < 4.78 is 10.6. The number of oxazole rings is 1. The first-order valence-corrected chi connectivity index (χ1v) is 7.64. The maximum absolute atomic E-state index is 12.8. The number of ether oxygens (including phenoxy) is 1. The van der Waals surface area contributed by atoms with Crippen LogP contribution in [0.5, 0.6) is 0 Å². The van der Waals surface area contributed by atoms with Gasteiger partial charge in [0.2, 0.25) is 11.8 Å². The first-order chi connectivity index (χ1) is 11.2. The topological polar surface area (TPSA) is 75.8 Å². The third kappa shape index (κ3) is 3.28. The number of carbonyl (C=O) groups is 1. The van der Waals surface area contributed by atoms with E-state index in [1.807, 2.05) is 30.3 Å². The maximum Gasteiger partial charge on any atom is 0.232 e. The van der Waals surface area contributed by atoms with Gasteiger partial charge in [-0.25, -0.2) is 4.98 Å². The van der Waals surface area contributed by atoms with Crippen LogP contribution in [-0.4, -0.2) is 41.2 Å². The van der Waals surface area contributed by atoms with E-state index in [-0.39, 0.29) is 12.5 Å². The molecule has 23 heavy (non-hydrogen) atoms. The van der Waals surface area contributed by atoms with Gasteiger partial charge in [-0.15, -0.1) is 0 Å². The molecule has 1 aromatic heterocycles. The SMILES string of the molecule is COCc1nc2c(o1)CCN(C(=O)C(CO)c1ccccc1)C2. The van der Waals surface area contributed by atoms with E-state index in [4.69, 9.17) is 9.15 Å². The maximum atomic E-state index is 12.8. The van der Waals surface area contributed by atoms with Crippen molar-refractivity contribution in [2.45, 2.75) is 25.5 Å². The molecule has 0 saturated carbocycles. The van der Waals surface area contributed by atoms with Crippen LogP contribution in [0.25, 0.3) is 0 Å². The Bertz CT molecular complexity index is 668. The minimum absolute atomic E-state index is 0.0827. The molecule has 1 N–H and O–H groups in total. The zero-order valence-electron chi connectivity index (χ0n) is 13.1. The van der Waals surface area contributed by atoms with E-state index >= 15 is 0 Å². The van der Waals surface area contributed by atoms with Gasteiger partial charge in [-0.1, -0.05) is 30.3 Å². The molecule has 1 aliphatic rings. The summed E-state index contributed by atoms with van der Waals surface area (Å²) in [5.41, 5.74) is 1.60. The number of methoxy groups -OCH3 is 1. The molecule has 0 radical (unpaired) electrons. The monoisotopic (exact) mass is 316 g/mol. The van der Waals surface area contributed by atoms with Crippen LogP contribution in [0.2, 0.25) is 0 Å². The van der Waals surface area contributed by atoms with Gasteiger partial charge in [0, 0.05) is 20.1 Å². The average Bonchev–Trinajstić information content (AvgIpc) is 2.98. The number of amides is 1. The Morgan fingerprint density at radius 1 is 1.43 bits per heavy atom. The van der Waals surface area contributed by atoms with Crippen LogP contribution in [0.1, 0.15) is 28.8 Å². The van der Waals surface area contributed by atoms with E-state index in [0.717, 1.165) is 17.0 Å². The van der Waals surface area contributed by atoms with Gasteiger partial charge < -0.3 is 19.2 Å². The smallest absolute Gasteiger partial charge is 0.232 e.